The maximum Gasteiger partial charge on any atom is 0.254 e. The van der Waals surface area contributed by atoms with Crippen molar-refractivity contribution < 1.29 is 9.21 Å². The summed E-state index contributed by atoms with van der Waals surface area (Å²) in [5.74, 6) is -0.148. The molecule has 0 saturated carbocycles. The van der Waals surface area contributed by atoms with Crippen LogP contribution in [0.2, 0.25) is 0 Å². The molecule has 2 aromatic heterocycles. The lowest BCUT2D eigenvalue weighted by atomic mass is 10.3. The van der Waals surface area contributed by atoms with Crippen LogP contribution >= 0.6 is 0 Å². The van der Waals surface area contributed by atoms with E-state index >= 15 is 0 Å². The van der Waals surface area contributed by atoms with Crippen molar-refractivity contribution >= 4 is 5.91 Å². The summed E-state index contributed by atoms with van der Waals surface area (Å²) >= 11 is 0. The molecule has 0 atom stereocenters. The SMILES string of the molecule is Cn1nccc1CNC(=O)c1ccoc1. The van der Waals surface area contributed by atoms with Gasteiger partial charge in [0.05, 0.1) is 24.1 Å². The number of aromatic nitrogens is 2. The number of amides is 1. The van der Waals surface area contributed by atoms with Gasteiger partial charge in [0.2, 0.25) is 0 Å². The maximum absolute atomic E-state index is 11.5. The molecule has 1 amide bonds. The molecule has 0 unspecified atom stereocenters. The van der Waals surface area contributed by atoms with Crippen LogP contribution in [-0.4, -0.2) is 15.7 Å². The fourth-order valence-electron chi connectivity index (χ4n) is 1.24. The van der Waals surface area contributed by atoms with Crippen molar-refractivity contribution in [3.8, 4) is 0 Å². The quantitative estimate of drug-likeness (QED) is 0.811. The van der Waals surface area contributed by atoms with Crippen LogP contribution in [0, 0.1) is 0 Å². The number of rotatable bonds is 3. The first-order valence-corrected chi connectivity index (χ1v) is 4.54. The van der Waals surface area contributed by atoms with Gasteiger partial charge >= 0.3 is 0 Å². The van der Waals surface area contributed by atoms with Crippen LogP contribution < -0.4 is 5.32 Å². The minimum absolute atomic E-state index is 0.148. The monoisotopic (exact) mass is 205 g/mol. The first-order valence-electron chi connectivity index (χ1n) is 4.54. The van der Waals surface area contributed by atoms with Crippen LogP contribution in [0.25, 0.3) is 0 Å². The molecule has 15 heavy (non-hydrogen) atoms. The third kappa shape index (κ3) is 2.07. The molecule has 1 N–H and O–H groups in total. The summed E-state index contributed by atoms with van der Waals surface area (Å²) in [5, 5.41) is 6.77. The normalized spacial score (nSPS) is 10.2. The van der Waals surface area contributed by atoms with Crippen molar-refractivity contribution in [2.75, 3.05) is 0 Å². The van der Waals surface area contributed by atoms with Gasteiger partial charge in [-0.3, -0.25) is 9.48 Å². The second-order valence-corrected chi connectivity index (χ2v) is 3.14. The Balaban J connectivity index is 1.95. The zero-order valence-corrected chi connectivity index (χ0v) is 8.30. The number of hydrogen-bond donors (Lipinski definition) is 1. The van der Waals surface area contributed by atoms with Crippen LogP contribution in [0.5, 0.6) is 0 Å². The minimum atomic E-state index is -0.148. The predicted molar refractivity (Wildman–Crippen MR) is 53.1 cm³/mol. The second kappa shape index (κ2) is 4.00. The molecule has 2 aromatic rings. The van der Waals surface area contributed by atoms with Gasteiger partial charge in [0.1, 0.15) is 6.26 Å². The van der Waals surface area contributed by atoms with Gasteiger partial charge in [-0.2, -0.15) is 5.10 Å². The van der Waals surface area contributed by atoms with Crippen molar-refractivity contribution in [1.29, 1.82) is 0 Å². The molecule has 0 fully saturated rings. The number of carbonyl (C=O) groups is 1. The Morgan fingerprint density at radius 2 is 2.47 bits per heavy atom. The van der Waals surface area contributed by atoms with Crippen molar-refractivity contribution in [3.05, 3.63) is 42.1 Å². The Hall–Kier alpha value is -2.04. The third-order valence-corrected chi connectivity index (χ3v) is 2.14. The molecule has 0 bridgehead atoms. The highest BCUT2D eigenvalue weighted by Crippen LogP contribution is 2.01. The Labute approximate surface area is 86.7 Å². The predicted octanol–water partition coefficient (Wildman–Crippen LogP) is 0.943. The average Bonchev–Trinajstić information content (AvgIpc) is 2.85. The lowest BCUT2D eigenvalue weighted by molar-refractivity contribution is 0.0949. The van der Waals surface area contributed by atoms with Gasteiger partial charge in [0.15, 0.2) is 0 Å². The van der Waals surface area contributed by atoms with E-state index in [1.165, 1.54) is 12.5 Å². The van der Waals surface area contributed by atoms with E-state index in [4.69, 9.17) is 4.42 Å². The Morgan fingerprint density at radius 1 is 1.60 bits per heavy atom. The van der Waals surface area contributed by atoms with Gasteiger partial charge in [-0.15, -0.1) is 0 Å². The van der Waals surface area contributed by atoms with Crippen molar-refractivity contribution in [2.24, 2.45) is 7.05 Å². The zero-order chi connectivity index (χ0) is 10.7. The van der Waals surface area contributed by atoms with Crippen molar-refractivity contribution in [3.63, 3.8) is 0 Å². The molecule has 0 aliphatic carbocycles. The fraction of sp³-hybridized carbons (Fsp3) is 0.200. The highest BCUT2D eigenvalue weighted by atomic mass is 16.3. The largest absolute Gasteiger partial charge is 0.472 e. The number of hydrogen-bond acceptors (Lipinski definition) is 3. The lowest BCUT2D eigenvalue weighted by Gasteiger charge is -2.03. The summed E-state index contributed by atoms with van der Waals surface area (Å²) in [6.45, 7) is 0.459. The van der Waals surface area contributed by atoms with Crippen LogP contribution in [0.4, 0.5) is 0 Å². The van der Waals surface area contributed by atoms with Crippen LogP contribution in [0.1, 0.15) is 16.1 Å². The molecule has 0 saturated heterocycles. The zero-order valence-electron chi connectivity index (χ0n) is 8.30. The molecular formula is C10H11N3O2. The molecule has 78 valence electrons. The smallest absolute Gasteiger partial charge is 0.254 e. The van der Waals surface area contributed by atoms with Crippen LogP contribution in [0.15, 0.2) is 35.3 Å². The van der Waals surface area contributed by atoms with E-state index in [-0.39, 0.29) is 5.91 Å². The van der Waals surface area contributed by atoms with Gasteiger partial charge in [0, 0.05) is 13.2 Å². The number of furan rings is 1. The lowest BCUT2D eigenvalue weighted by Crippen LogP contribution is -2.23. The van der Waals surface area contributed by atoms with E-state index in [1.807, 2.05) is 13.1 Å². The highest BCUT2D eigenvalue weighted by Gasteiger charge is 2.06. The Morgan fingerprint density at radius 3 is 3.07 bits per heavy atom. The molecule has 0 aliphatic heterocycles. The van der Waals surface area contributed by atoms with E-state index in [1.54, 1.807) is 16.9 Å². The summed E-state index contributed by atoms with van der Waals surface area (Å²) in [6.07, 6.45) is 4.58. The summed E-state index contributed by atoms with van der Waals surface area (Å²) in [4.78, 5) is 11.5. The van der Waals surface area contributed by atoms with Crippen LogP contribution in [-0.2, 0) is 13.6 Å². The molecule has 0 radical (unpaired) electrons. The third-order valence-electron chi connectivity index (χ3n) is 2.14. The van der Waals surface area contributed by atoms with Crippen molar-refractivity contribution in [2.45, 2.75) is 6.54 Å². The molecule has 0 spiro atoms. The molecule has 0 aliphatic rings. The summed E-state index contributed by atoms with van der Waals surface area (Å²) in [5.41, 5.74) is 1.48. The second-order valence-electron chi connectivity index (χ2n) is 3.14. The molecule has 2 heterocycles. The highest BCUT2D eigenvalue weighted by molar-refractivity contribution is 5.93. The molecule has 5 nitrogen and oxygen atoms in total. The van der Waals surface area contributed by atoms with E-state index in [0.29, 0.717) is 12.1 Å². The van der Waals surface area contributed by atoms with Crippen molar-refractivity contribution in [1.82, 2.24) is 15.1 Å². The maximum atomic E-state index is 11.5. The standard InChI is InChI=1S/C10H11N3O2/c1-13-9(2-4-12-13)6-11-10(14)8-3-5-15-7-8/h2-5,7H,6H2,1H3,(H,11,14). The average molecular weight is 205 g/mol. The molecular weight excluding hydrogens is 194 g/mol. The van der Waals surface area contributed by atoms with E-state index < -0.39 is 0 Å². The first-order chi connectivity index (χ1) is 7.27. The number of carbonyl (C=O) groups excluding carboxylic acids is 1. The minimum Gasteiger partial charge on any atom is -0.472 e. The van der Waals surface area contributed by atoms with Crippen LogP contribution in [0.3, 0.4) is 0 Å². The number of nitrogens with one attached hydrogen (secondary N) is 1. The summed E-state index contributed by atoms with van der Waals surface area (Å²) in [7, 11) is 1.83. The van der Waals surface area contributed by atoms with Gasteiger partial charge < -0.3 is 9.73 Å². The summed E-state index contributed by atoms with van der Waals surface area (Å²) < 4.78 is 6.54. The van der Waals surface area contributed by atoms with E-state index in [9.17, 15) is 4.79 Å². The fourth-order valence-corrected chi connectivity index (χ4v) is 1.24. The van der Waals surface area contributed by atoms with Gasteiger partial charge in [-0.1, -0.05) is 0 Å². The Kier molecular flexibility index (Phi) is 2.53. The van der Waals surface area contributed by atoms with Gasteiger partial charge in [0.25, 0.3) is 5.91 Å². The molecule has 2 rings (SSSR count). The summed E-state index contributed by atoms with van der Waals surface area (Å²) in [6, 6.07) is 3.48. The van der Waals surface area contributed by atoms with E-state index in [0.717, 1.165) is 5.69 Å². The first kappa shape index (κ1) is 9.51. The van der Waals surface area contributed by atoms with E-state index in [2.05, 4.69) is 10.4 Å². The number of nitrogens with zero attached hydrogens (tertiary/aromatic N) is 2. The molecule has 0 aromatic carbocycles. The Bertz CT molecular complexity index is 445. The van der Waals surface area contributed by atoms with Gasteiger partial charge in [-0.05, 0) is 12.1 Å². The topological polar surface area (TPSA) is 60.1 Å². The van der Waals surface area contributed by atoms with Gasteiger partial charge in [-0.25, -0.2) is 0 Å². The number of aryl methyl sites for hydroxylation is 1. The molecule has 5 heteroatoms.